The molecule has 0 unspecified atom stereocenters. The molecule has 3 rings (SSSR count). The van der Waals surface area contributed by atoms with Crippen LogP contribution in [0.5, 0.6) is 5.75 Å². The van der Waals surface area contributed by atoms with Crippen molar-refractivity contribution in [3.63, 3.8) is 0 Å². The van der Waals surface area contributed by atoms with Crippen molar-refractivity contribution >= 4 is 16.9 Å². The molecule has 0 spiro atoms. The first kappa shape index (κ1) is 14.1. The summed E-state index contributed by atoms with van der Waals surface area (Å²) < 4.78 is 10.5. The Balaban J connectivity index is 1.71. The number of nitrogens with one attached hydrogen (secondary N) is 1. The van der Waals surface area contributed by atoms with Gasteiger partial charge in [0.15, 0.2) is 0 Å². The second kappa shape index (κ2) is 5.89. The van der Waals surface area contributed by atoms with Crippen molar-refractivity contribution in [1.29, 1.82) is 0 Å². The van der Waals surface area contributed by atoms with Crippen molar-refractivity contribution in [2.75, 3.05) is 7.11 Å². The van der Waals surface area contributed by atoms with Gasteiger partial charge < -0.3 is 9.47 Å². The van der Waals surface area contributed by atoms with Gasteiger partial charge in [-0.2, -0.15) is 5.10 Å². The zero-order valence-electron chi connectivity index (χ0n) is 12.4. The highest BCUT2D eigenvalue weighted by molar-refractivity contribution is 5.91. The van der Waals surface area contributed by atoms with Gasteiger partial charge in [0, 0.05) is 5.39 Å². The Bertz CT molecular complexity index is 824. The largest absolute Gasteiger partial charge is 0.497 e. The van der Waals surface area contributed by atoms with Crippen LogP contribution in [0, 0.1) is 6.92 Å². The Morgan fingerprint density at radius 1 is 1.23 bits per heavy atom. The number of methoxy groups -OCH3 is 1. The van der Waals surface area contributed by atoms with E-state index in [9.17, 15) is 4.79 Å². The smallest absolute Gasteiger partial charge is 0.338 e. The van der Waals surface area contributed by atoms with Crippen LogP contribution in [0.4, 0.5) is 0 Å². The topological polar surface area (TPSA) is 64.2 Å². The van der Waals surface area contributed by atoms with E-state index in [1.807, 2.05) is 31.2 Å². The fourth-order valence-electron chi connectivity index (χ4n) is 2.29. The lowest BCUT2D eigenvalue weighted by atomic mass is 10.1. The second-order valence-corrected chi connectivity index (χ2v) is 5.05. The van der Waals surface area contributed by atoms with Gasteiger partial charge in [-0.1, -0.05) is 12.1 Å². The Morgan fingerprint density at radius 2 is 2.09 bits per heavy atom. The molecule has 5 heteroatoms. The molecule has 112 valence electrons. The number of hydrogen-bond donors (Lipinski definition) is 1. The molecule has 0 radical (unpaired) electrons. The monoisotopic (exact) mass is 296 g/mol. The molecule has 22 heavy (non-hydrogen) atoms. The lowest BCUT2D eigenvalue weighted by Gasteiger charge is -2.09. The van der Waals surface area contributed by atoms with E-state index in [-0.39, 0.29) is 12.6 Å². The number of carbonyl (C=O) groups excluding carboxylic acids is 1. The van der Waals surface area contributed by atoms with Crippen molar-refractivity contribution in [3.05, 3.63) is 59.3 Å². The van der Waals surface area contributed by atoms with E-state index in [0.717, 1.165) is 27.8 Å². The number of carbonyl (C=O) groups is 1. The standard InChI is InChI=1S/C17H16N2O3/c1-11-7-14(21-2)5-6-15(11)17(20)22-10-12-3-4-13-9-18-19-16(13)8-12/h3-9H,10H2,1-2H3,(H,18,19). The third-order valence-corrected chi connectivity index (χ3v) is 3.53. The zero-order chi connectivity index (χ0) is 15.5. The van der Waals surface area contributed by atoms with Gasteiger partial charge in [-0.3, -0.25) is 5.10 Å². The van der Waals surface area contributed by atoms with Crippen LogP contribution in [0.1, 0.15) is 21.5 Å². The summed E-state index contributed by atoms with van der Waals surface area (Å²) in [5.41, 5.74) is 3.21. The van der Waals surface area contributed by atoms with Gasteiger partial charge in [0.25, 0.3) is 0 Å². The number of esters is 1. The average Bonchev–Trinajstić information content (AvgIpc) is 3.00. The van der Waals surface area contributed by atoms with Gasteiger partial charge in [0.1, 0.15) is 12.4 Å². The molecule has 0 saturated heterocycles. The Morgan fingerprint density at radius 3 is 2.86 bits per heavy atom. The summed E-state index contributed by atoms with van der Waals surface area (Å²) in [6.07, 6.45) is 1.76. The van der Waals surface area contributed by atoms with Gasteiger partial charge in [0.05, 0.1) is 24.4 Å². The van der Waals surface area contributed by atoms with E-state index in [4.69, 9.17) is 9.47 Å². The van der Waals surface area contributed by atoms with Crippen LogP contribution in [0.3, 0.4) is 0 Å². The van der Waals surface area contributed by atoms with Crippen LogP contribution in [0.2, 0.25) is 0 Å². The second-order valence-electron chi connectivity index (χ2n) is 5.05. The van der Waals surface area contributed by atoms with E-state index in [1.54, 1.807) is 25.4 Å². The van der Waals surface area contributed by atoms with Crippen LogP contribution in [0.15, 0.2) is 42.6 Å². The highest BCUT2D eigenvalue weighted by Crippen LogP contribution is 2.19. The van der Waals surface area contributed by atoms with Crippen LogP contribution in [-0.4, -0.2) is 23.3 Å². The van der Waals surface area contributed by atoms with Crippen LogP contribution in [-0.2, 0) is 11.3 Å². The van der Waals surface area contributed by atoms with E-state index in [2.05, 4.69) is 10.2 Å². The molecular formula is C17H16N2O3. The molecule has 3 aromatic rings. The van der Waals surface area contributed by atoms with E-state index >= 15 is 0 Å². The van der Waals surface area contributed by atoms with Crippen molar-refractivity contribution in [2.24, 2.45) is 0 Å². The summed E-state index contributed by atoms with van der Waals surface area (Å²) in [5, 5.41) is 7.89. The zero-order valence-corrected chi connectivity index (χ0v) is 12.4. The van der Waals surface area contributed by atoms with Gasteiger partial charge in [0.2, 0.25) is 0 Å². The van der Waals surface area contributed by atoms with Gasteiger partial charge in [-0.05, 0) is 42.3 Å². The number of aromatic nitrogens is 2. The van der Waals surface area contributed by atoms with E-state index < -0.39 is 0 Å². The predicted octanol–water partition coefficient (Wildman–Crippen LogP) is 3.24. The summed E-state index contributed by atoms with van der Waals surface area (Å²) >= 11 is 0. The van der Waals surface area contributed by atoms with Crippen LogP contribution >= 0.6 is 0 Å². The first-order valence-corrected chi connectivity index (χ1v) is 6.91. The van der Waals surface area contributed by atoms with Gasteiger partial charge in [-0.15, -0.1) is 0 Å². The highest BCUT2D eigenvalue weighted by Gasteiger charge is 2.11. The summed E-state index contributed by atoms with van der Waals surface area (Å²) in [6.45, 7) is 2.08. The minimum atomic E-state index is -0.343. The molecule has 0 saturated carbocycles. The molecule has 0 aliphatic rings. The fraction of sp³-hybridized carbons (Fsp3) is 0.176. The third kappa shape index (κ3) is 2.79. The number of benzene rings is 2. The number of ether oxygens (including phenoxy) is 2. The maximum absolute atomic E-state index is 12.2. The van der Waals surface area contributed by atoms with Crippen LogP contribution < -0.4 is 4.74 Å². The molecule has 2 aromatic carbocycles. The number of aromatic amines is 1. The summed E-state index contributed by atoms with van der Waals surface area (Å²) in [4.78, 5) is 12.2. The molecule has 1 aromatic heterocycles. The van der Waals surface area contributed by atoms with Crippen molar-refractivity contribution < 1.29 is 14.3 Å². The summed E-state index contributed by atoms with van der Waals surface area (Å²) in [7, 11) is 1.60. The SMILES string of the molecule is COc1ccc(C(=O)OCc2ccc3cn[nH]c3c2)c(C)c1. The van der Waals surface area contributed by atoms with E-state index in [0.29, 0.717) is 5.56 Å². The van der Waals surface area contributed by atoms with E-state index in [1.165, 1.54) is 0 Å². The Kier molecular flexibility index (Phi) is 3.78. The lowest BCUT2D eigenvalue weighted by Crippen LogP contribution is -2.07. The molecule has 0 aliphatic carbocycles. The normalized spacial score (nSPS) is 10.6. The molecular weight excluding hydrogens is 280 g/mol. The summed E-state index contributed by atoms with van der Waals surface area (Å²) in [6, 6.07) is 11.1. The molecule has 5 nitrogen and oxygen atoms in total. The first-order chi connectivity index (χ1) is 10.7. The van der Waals surface area contributed by atoms with Crippen molar-refractivity contribution in [3.8, 4) is 5.75 Å². The van der Waals surface area contributed by atoms with Gasteiger partial charge >= 0.3 is 5.97 Å². The average molecular weight is 296 g/mol. The number of H-pyrrole nitrogens is 1. The molecule has 0 amide bonds. The number of rotatable bonds is 4. The quantitative estimate of drug-likeness (QED) is 0.751. The lowest BCUT2D eigenvalue weighted by molar-refractivity contribution is 0.0472. The minimum Gasteiger partial charge on any atom is -0.497 e. The predicted molar refractivity (Wildman–Crippen MR) is 82.9 cm³/mol. The maximum Gasteiger partial charge on any atom is 0.338 e. The Labute approximate surface area is 127 Å². The summed E-state index contributed by atoms with van der Waals surface area (Å²) in [5.74, 6) is 0.378. The Hall–Kier alpha value is -2.82. The minimum absolute atomic E-state index is 0.221. The first-order valence-electron chi connectivity index (χ1n) is 6.91. The molecule has 1 N–H and O–H groups in total. The maximum atomic E-state index is 12.2. The number of fused-ring (bicyclic) bond motifs is 1. The third-order valence-electron chi connectivity index (χ3n) is 3.53. The van der Waals surface area contributed by atoms with Crippen molar-refractivity contribution in [2.45, 2.75) is 13.5 Å². The van der Waals surface area contributed by atoms with Crippen molar-refractivity contribution in [1.82, 2.24) is 10.2 Å². The molecule has 1 heterocycles. The van der Waals surface area contributed by atoms with Crippen LogP contribution in [0.25, 0.3) is 10.9 Å². The molecule has 0 atom stereocenters. The number of hydrogen-bond acceptors (Lipinski definition) is 4. The van der Waals surface area contributed by atoms with Gasteiger partial charge in [-0.25, -0.2) is 4.79 Å². The molecule has 0 bridgehead atoms. The number of aryl methyl sites for hydroxylation is 1. The molecule has 0 fully saturated rings. The highest BCUT2D eigenvalue weighted by atomic mass is 16.5. The fourth-order valence-corrected chi connectivity index (χ4v) is 2.29. The molecule has 0 aliphatic heterocycles. The number of nitrogens with zero attached hydrogens (tertiary/aromatic N) is 1.